The first kappa shape index (κ1) is 10.6. The first-order valence-electron chi connectivity index (χ1n) is 4.50. The summed E-state index contributed by atoms with van der Waals surface area (Å²) in [4.78, 5) is 0. The summed E-state index contributed by atoms with van der Waals surface area (Å²) in [6, 6.07) is 7.49. The summed E-state index contributed by atoms with van der Waals surface area (Å²) in [6.45, 7) is 7.49. The van der Waals surface area contributed by atoms with Crippen LogP contribution in [0.3, 0.4) is 0 Å². The lowest BCUT2D eigenvalue weighted by atomic mass is 10.3. The lowest BCUT2D eigenvalue weighted by Crippen LogP contribution is -2.18. The van der Waals surface area contributed by atoms with Crippen molar-refractivity contribution in [2.24, 2.45) is 0 Å². The minimum absolute atomic E-state index is 0.668. The number of nitrogen functional groups attached to an aromatic ring is 1. The second-order valence-electron chi connectivity index (χ2n) is 2.98. The summed E-state index contributed by atoms with van der Waals surface area (Å²) in [5, 5.41) is 0. The van der Waals surface area contributed by atoms with E-state index in [2.05, 4.69) is 13.2 Å². The van der Waals surface area contributed by atoms with E-state index in [0.717, 1.165) is 5.75 Å². The number of ether oxygens (including phenoxy) is 1. The van der Waals surface area contributed by atoms with Gasteiger partial charge in [-0.15, -0.1) is 13.2 Å². The molecule has 2 nitrogen and oxygen atoms in total. The lowest BCUT2D eigenvalue weighted by molar-refractivity contribution is 0.385. The highest BCUT2D eigenvalue weighted by atomic mass is 28.3. The topological polar surface area (TPSA) is 35.2 Å². The lowest BCUT2D eigenvalue weighted by Gasteiger charge is -2.10. The van der Waals surface area contributed by atoms with Gasteiger partial charge >= 0.3 is 0 Å². The predicted octanol–water partition coefficient (Wildman–Crippen LogP) is 1.86. The Morgan fingerprint density at radius 2 is 1.93 bits per heavy atom. The van der Waals surface area contributed by atoms with Gasteiger partial charge in [0.1, 0.15) is 14.5 Å². The molecule has 0 aliphatic carbocycles. The van der Waals surface area contributed by atoms with Gasteiger partial charge < -0.3 is 10.5 Å². The molecule has 0 radical (unpaired) electrons. The van der Waals surface area contributed by atoms with E-state index in [9.17, 15) is 0 Å². The van der Waals surface area contributed by atoms with Crippen LogP contribution < -0.4 is 10.5 Å². The smallest absolute Gasteiger partial charge is 0.141 e. The van der Waals surface area contributed by atoms with Gasteiger partial charge in [0.2, 0.25) is 0 Å². The van der Waals surface area contributed by atoms with Crippen molar-refractivity contribution in [3.63, 3.8) is 0 Å². The Morgan fingerprint density at radius 1 is 1.29 bits per heavy atom. The molecule has 2 N–H and O–H groups in total. The van der Waals surface area contributed by atoms with Crippen LogP contribution in [0.5, 0.6) is 5.75 Å². The second kappa shape index (κ2) is 5.29. The highest BCUT2D eigenvalue weighted by molar-refractivity contribution is 6.69. The van der Waals surface area contributed by atoms with Gasteiger partial charge in [0.25, 0.3) is 0 Å². The van der Waals surface area contributed by atoms with Gasteiger partial charge in [0.05, 0.1) is 11.9 Å². The molecule has 0 heterocycles. The third-order valence-corrected chi connectivity index (χ3v) is 3.72. The molecule has 0 atom stereocenters. The van der Waals surface area contributed by atoms with Crippen LogP contribution in [0.2, 0.25) is 0 Å². The normalized spacial score (nSPS) is 9.79. The fraction of sp³-hybridized carbons (Fsp3) is 0.0909. The average Bonchev–Trinajstić information content (AvgIpc) is 2.22. The maximum Gasteiger partial charge on any atom is 0.141 e. The van der Waals surface area contributed by atoms with Crippen LogP contribution >= 0.6 is 0 Å². The molecular weight excluding hydrogens is 190 g/mol. The number of hydrogen-bond acceptors (Lipinski definition) is 2. The summed E-state index contributed by atoms with van der Waals surface area (Å²) in [5.41, 5.74) is 10.3. The molecule has 74 valence electrons. The van der Waals surface area contributed by atoms with Crippen molar-refractivity contribution in [3.8, 4) is 5.75 Å². The van der Waals surface area contributed by atoms with Gasteiger partial charge in [0, 0.05) is 0 Å². The summed E-state index contributed by atoms with van der Waals surface area (Å²) in [7, 11) is -1.13. The molecule has 0 aliphatic heterocycles. The van der Waals surface area contributed by atoms with Crippen LogP contribution in [0.15, 0.2) is 48.8 Å². The van der Waals surface area contributed by atoms with E-state index in [1.807, 2.05) is 35.7 Å². The fourth-order valence-corrected chi connectivity index (χ4v) is 1.87. The van der Waals surface area contributed by atoms with Crippen LogP contribution in [-0.2, 0) is 0 Å². The minimum atomic E-state index is -1.13. The van der Waals surface area contributed by atoms with Crippen molar-refractivity contribution in [3.05, 3.63) is 48.8 Å². The number of benzene rings is 1. The highest BCUT2D eigenvalue weighted by Gasteiger charge is 2.03. The van der Waals surface area contributed by atoms with Crippen LogP contribution in [0.1, 0.15) is 0 Å². The van der Waals surface area contributed by atoms with Gasteiger partial charge in [-0.05, 0) is 12.1 Å². The second-order valence-corrected chi connectivity index (χ2v) is 5.59. The Bertz CT molecular complexity index is 317. The van der Waals surface area contributed by atoms with Gasteiger partial charge in [-0.1, -0.05) is 23.5 Å². The van der Waals surface area contributed by atoms with Crippen molar-refractivity contribution in [1.82, 2.24) is 0 Å². The van der Waals surface area contributed by atoms with E-state index in [-0.39, 0.29) is 0 Å². The predicted molar refractivity (Wildman–Crippen MR) is 63.9 cm³/mol. The molecule has 0 aromatic heterocycles. The van der Waals surface area contributed by atoms with Crippen LogP contribution in [0.4, 0.5) is 5.69 Å². The third kappa shape index (κ3) is 2.78. The van der Waals surface area contributed by atoms with Crippen LogP contribution in [0, 0.1) is 0 Å². The Labute approximate surface area is 86.3 Å². The molecule has 0 aliphatic rings. The van der Waals surface area contributed by atoms with E-state index in [1.165, 1.54) is 0 Å². The summed E-state index contributed by atoms with van der Waals surface area (Å²) >= 11 is 0. The molecule has 0 amide bonds. The molecule has 0 saturated carbocycles. The van der Waals surface area contributed by atoms with Crippen LogP contribution in [-0.4, -0.2) is 15.0 Å². The van der Waals surface area contributed by atoms with Crippen molar-refractivity contribution in [2.75, 3.05) is 12.0 Å². The summed E-state index contributed by atoms with van der Waals surface area (Å²) in [5.74, 6) is 0.744. The number of hydrogen-bond donors (Lipinski definition) is 1. The molecule has 0 saturated heterocycles. The zero-order valence-electron chi connectivity index (χ0n) is 8.15. The number of nitrogens with two attached hydrogens (primary N) is 1. The molecule has 0 spiro atoms. The van der Waals surface area contributed by atoms with Gasteiger partial charge in [-0.25, -0.2) is 0 Å². The van der Waals surface area contributed by atoms with Crippen molar-refractivity contribution >= 4 is 14.5 Å². The van der Waals surface area contributed by atoms with Gasteiger partial charge in [-0.3, -0.25) is 0 Å². The summed E-state index contributed by atoms with van der Waals surface area (Å²) < 4.78 is 5.57. The van der Waals surface area contributed by atoms with Crippen molar-refractivity contribution in [2.45, 2.75) is 0 Å². The number of rotatable bonds is 5. The van der Waals surface area contributed by atoms with E-state index in [4.69, 9.17) is 10.5 Å². The van der Waals surface area contributed by atoms with Crippen molar-refractivity contribution < 1.29 is 4.74 Å². The van der Waals surface area contributed by atoms with E-state index >= 15 is 0 Å². The summed E-state index contributed by atoms with van der Waals surface area (Å²) in [6.07, 6.45) is 0.668. The molecule has 1 rings (SSSR count). The van der Waals surface area contributed by atoms with E-state index in [1.54, 1.807) is 0 Å². The standard InChI is InChI=1S/C11H15NOSi/c1-3-14(4-2)9-13-11-8-6-5-7-10(11)12/h3-8,14H,1-2,9,12H2. The zero-order valence-corrected chi connectivity index (χ0v) is 9.30. The maximum absolute atomic E-state index is 5.73. The van der Waals surface area contributed by atoms with Gasteiger partial charge in [0.15, 0.2) is 0 Å². The quantitative estimate of drug-likeness (QED) is 0.588. The Balaban J connectivity index is 2.57. The molecule has 1 aromatic rings. The van der Waals surface area contributed by atoms with Crippen LogP contribution in [0.25, 0.3) is 0 Å². The monoisotopic (exact) mass is 205 g/mol. The Kier molecular flexibility index (Phi) is 4.00. The van der Waals surface area contributed by atoms with E-state index < -0.39 is 8.80 Å². The Hall–Kier alpha value is -1.48. The first-order valence-corrected chi connectivity index (χ1v) is 6.65. The fourth-order valence-electron chi connectivity index (χ4n) is 1.03. The molecule has 14 heavy (non-hydrogen) atoms. The number of para-hydroxylation sites is 2. The van der Waals surface area contributed by atoms with Gasteiger partial charge in [-0.2, -0.15) is 0 Å². The van der Waals surface area contributed by atoms with Crippen molar-refractivity contribution in [1.29, 1.82) is 0 Å². The Morgan fingerprint density at radius 3 is 2.50 bits per heavy atom. The largest absolute Gasteiger partial charge is 0.495 e. The molecule has 0 unspecified atom stereocenters. The molecule has 0 bridgehead atoms. The average molecular weight is 205 g/mol. The number of anilines is 1. The zero-order chi connectivity index (χ0) is 10.4. The SMILES string of the molecule is C=C[SiH](C=C)COc1ccccc1N. The maximum atomic E-state index is 5.73. The third-order valence-electron chi connectivity index (χ3n) is 1.96. The molecular formula is C11H15NOSi. The molecule has 1 aromatic carbocycles. The molecule has 3 heteroatoms. The van der Waals surface area contributed by atoms with E-state index in [0.29, 0.717) is 11.9 Å². The first-order chi connectivity index (χ1) is 6.77. The molecule has 0 fully saturated rings. The minimum Gasteiger partial charge on any atom is -0.495 e. The highest BCUT2D eigenvalue weighted by Crippen LogP contribution is 2.19.